The van der Waals surface area contributed by atoms with Crippen molar-refractivity contribution in [2.75, 3.05) is 0 Å². The van der Waals surface area contributed by atoms with Crippen molar-refractivity contribution in [1.29, 1.82) is 0 Å². The van der Waals surface area contributed by atoms with Gasteiger partial charge in [-0.1, -0.05) is 0 Å². The number of carbonyl (C=O) groups is 1. The van der Waals surface area contributed by atoms with Crippen molar-refractivity contribution in [2.24, 2.45) is 0 Å². The van der Waals surface area contributed by atoms with Gasteiger partial charge in [0.2, 0.25) is 6.41 Å². The first-order valence-electron chi connectivity index (χ1n) is 3.55. The molecule has 58 valence electrons. The summed E-state index contributed by atoms with van der Waals surface area (Å²) >= 11 is 0. The van der Waals surface area contributed by atoms with Gasteiger partial charge in [0.1, 0.15) is 5.72 Å². The molecule has 0 aromatic rings. The van der Waals surface area contributed by atoms with Crippen LogP contribution in [0, 0.1) is 0 Å². The summed E-state index contributed by atoms with van der Waals surface area (Å²) in [5.74, 6) is 0. The summed E-state index contributed by atoms with van der Waals surface area (Å²) in [5.41, 5.74) is -0.402. The van der Waals surface area contributed by atoms with Gasteiger partial charge < -0.3 is 10.1 Å². The second kappa shape index (κ2) is 2.58. The molecule has 0 aromatic carbocycles. The molecule has 3 heteroatoms. The van der Waals surface area contributed by atoms with Crippen LogP contribution < -0.4 is 5.32 Å². The molecule has 0 aromatic heterocycles. The predicted octanol–water partition coefficient (Wildman–Crippen LogP) is 0.647. The lowest BCUT2D eigenvalue weighted by atomic mass is 10.1. The van der Waals surface area contributed by atoms with Crippen LogP contribution in [0.5, 0.6) is 0 Å². The third-order valence-electron chi connectivity index (χ3n) is 1.85. The second-order valence-corrected chi connectivity index (χ2v) is 2.96. The molecule has 1 aliphatic heterocycles. The third-order valence-corrected chi connectivity index (χ3v) is 1.85. The molecule has 3 nitrogen and oxygen atoms in total. The molecule has 1 amide bonds. The molecule has 1 aliphatic rings. The van der Waals surface area contributed by atoms with Crippen molar-refractivity contribution in [1.82, 2.24) is 5.32 Å². The first-order chi connectivity index (χ1) is 4.66. The topological polar surface area (TPSA) is 38.3 Å². The van der Waals surface area contributed by atoms with E-state index in [2.05, 4.69) is 5.32 Å². The van der Waals surface area contributed by atoms with Crippen LogP contribution in [-0.2, 0) is 9.53 Å². The van der Waals surface area contributed by atoms with E-state index in [4.69, 9.17) is 4.74 Å². The first kappa shape index (κ1) is 7.54. The van der Waals surface area contributed by atoms with E-state index in [0.717, 1.165) is 12.8 Å². The fourth-order valence-corrected chi connectivity index (χ4v) is 1.27. The van der Waals surface area contributed by atoms with Gasteiger partial charge >= 0.3 is 0 Å². The van der Waals surface area contributed by atoms with E-state index >= 15 is 0 Å². The summed E-state index contributed by atoms with van der Waals surface area (Å²) in [6, 6.07) is 0. The average Bonchev–Trinajstić information content (AvgIpc) is 2.12. The van der Waals surface area contributed by atoms with Gasteiger partial charge in [-0.3, -0.25) is 4.79 Å². The maximum atomic E-state index is 10.1. The number of hydrogen-bond acceptors (Lipinski definition) is 2. The molecule has 0 bridgehead atoms. The van der Waals surface area contributed by atoms with Gasteiger partial charge in [-0.2, -0.15) is 0 Å². The minimum absolute atomic E-state index is 0.275. The molecule has 1 heterocycles. The zero-order chi connectivity index (χ0) is 7.61. The van der Waals surface area contributed by atoms with Crippen LogP contribution in [0.3, 0.4) is 0 Å². The Morgan fingerprint density at radius 2 is 2.50 bits per heavy atom. The number of amides is 1. The summed E-state index contributed by atoms with van der Waals surface area (Å²) in [6.07, 6.45) is 2.90. The molecule has 1 saturated heterocycles. The normalized spacial score (nSPS) is 39.6. The highest BCUT2D eigenvalue weighted by Crippen LogP contribution is 2.26. The van der Waals surface area contributed by atoms with Crippen LogP contribution in [0.25, 0.3) is 0 Å². The lowest BCUT2D eigenvalue weighted by Gasteiger charge is -2.22. The molecule has 0 radical (unpaired) electrons. The Balaban J connectivity index is 2.45. The number of hydrogen-bond donors (Lipinski definition) is 1. The van der Waals surface area contributed by atoms with Crippen LogP contribution in [0.4, 0.5) is 0 Å². The molecule has 1 fully saturated rings. The highest BCUT2D eigenvalue weighted by Gasteiger charge is 2.32. The van der Waals surface area contributed by atoms with Gasteiger partial charge in [0.15, 0.2) is 0 Å². The van der Waals surface area contributed by atoms with Crippen LogP contribution in [-0.4, -0.2) is 18.2 Å². The maximum absolute atomic E-state index is 10.1. The maximum Gasteiger partial charge on any atom is 0.209 e. The Morgan fingerprint density at radius 1 is 1.80 bits per heavy atom. The van der Waals surface area contributed by atoms with Gasteiger partial charge in [0.05, 0.1) is 6.10 Å². The number of carbonyl (C=O) groups excluding carboxylic acids is 1. The van der Waals surface area contributed by atoms with Crippen LogP contribution in [0.2, 0.25) is 0 Å². The minimum Gasteiger partial charge on any atom is -0.353 e. The molecule has 1 rings (SSSR count). The molecule has 0 saturated carbocycles. The summed E-state index contributed by atoms with van der Waals surface area (Å²) < 4.78 is 5.45. The first-order valence-corrected chi connectivity index (χ1v) is 3.55. The van der Waals surface area contributed by atoms with E-state index in [1.807, 2.05) is 13.8 Å². The fourth-order valence-electron chi connectivity index (χ4n) is 1.27. The second-order valence-electron chi connectivity index (χ2n) is 2.96. The molecule has 2 unspecified atom stereocenters. The average molecular weight is 143 g/mol. The highest BCUT2D eigenvalue weighted by molar-refractivity contribution is 5.47. The standard InChI is InChI=1S/C7H13NO2/c1-6-3-4-7(2,10-6)8-5-9/h5-6H,3-4H2,1-2H3,(H,8,9). The summed E-state index contributed by atoms with van der Waals surface area (Å²) in [4.78, 5) is 10.1. The van der Waals surface area contributed by atoms with Crippen molar-refractivity contribution in [3.8, 4) is 0 Å². The van der Waals surface area contributed by atoms with E-state index < -0.39 is 5.72 Å². The van der Waals surface area contributed by atoms with Crippen LogP contribution in [0.15, 0.2) is 0 Å². The Bertz CT molecular complexity index is 138. The quantitative estimate of drug-likeness (QED) is 0.576. The number of nitrogens with one attached hydrogen (secondary N) is 1. The Kier molecular flexibility index (Phi) is 1.94. The van der Waals surface area contributed by atoms with Gasteiger partial charge in [-0.25, -0.2) is 0 Å². The zero-order valence-corrected chi connectivity index (χ0v) is 6.39. The van der Waals surface area contributed by atoms with Crippen LogP contribution >= 0.6 is 0 Å². The monoisotopic (exact) mass is 143 g/mol. The van der Waals surface area contributed by atoms with Gasteiger partial charge in [0.25, 0.3) is 0 Å². The lowest BCUT2D eigenvalue weighted by molar-refractivity contribution is -0.118. The van der Waals surface area contributed by atoms with Gasteiger partial charge in [-0.15, -0.1) is 0 Å². The Labute approximate surface area is 60.7 Å². The summed E-state index contributed by atoms with van der Waals surface area (Å²) in [5, 5.41) is 2.65. The number of ether oxygens (including phenoxy) is 1. The lowest BCUT2D eigenvalue weighted by Crippen LogP contribution is -2.41. The molecule has 10 heavy (non-hydrogen) atoms. The van der Waals surface area contributed by atoms with Crippen molar-refractivity contribution < 1.29 is 9.53 Å². The molecular weight excluding hydrogens is 130 g/mol. The van der Waals surface area contributed by atoms with Crippen LogP contribution in [0.1, 0.15) is 26.7 Å². The highest BCUT2D eigenvalue weighted by atomic mass is 16.5. The molecule has 2 atom stereocenters. The van der Waals surface area contributed by atoms with Gasteiger partial charge in [-0.05, 0) is 26.7 Å². The molecule has 0 aliphatic carbocycles. The third kappa shape index (κ3) is 1.48. The van der Waals surface area contributed by atoms with E-state index in [1.165, 1.54) is 0 Å². The smallest absolute Gasteiger partial charge is 0.209 e. The van der Waals surface area contributed by atoms with Crippen molar-refractivity contribution >= 4 is 6.41 Å². The predicted molar refractivity (Wildman–Crippen MR) is 37.4 cm³/mol. The number of rotatable bonds is 2. The Morgan fingerprint density at radius 3 is 2.90 bits per heavy atom. The molecule has 0 spiro atoms. The van der Waals surface area contributed by atoms with Gasteiger partial charge in [0, 0.05) is 0 Å². The van der Waals surface area contributed by atoms with E-state index in [0.29, 0.717) is 6.41 Å². The SMILES string of the molecule is CC1CCC(C)(NC=O)O1. The molecular formula is C7H13NO2. The minimum atomic E-state index is -0.402. The fraction of sp³-hybridized carbons (Fsp3) is 0.857. The Hall–Kier alpha value is -0.570. The van der Waals surface area contributed by atoms with Crippen molar-refractivity contribution in [3.05, 3.63) is 0 Å². The van der Waals surface area contributed by atoms with E-state index in [9.17, 15) is 4.79 Å². The molecule has 1 N–H and O–H groups in total. The van der Waals surface area contributed by atoms with E-state index in [-0.39, 0.29) is 6.10 Å². The van der Waals surface area contributed by atoms with Crippen molar-refractivity contribution in [3.63, 3.8) is 0 Å². The summed E-state index contributed by atoms with van der Waals surface area (Å²) in [7, 11) is 0. The largest absolute Gasteiger partial charge is 0.353 e. The van der Waals surface area contributed by atoms with E-state index in [1.54, 1.807) is 0 Å². The van der Waals surface area contributed by atoms with Crippen molar-refractivity contribution in [2.45, 2.75) is 38.5 Å². The zero-order valence-electron chi connectivity index (χ0n) is 6.39. The summed E-state index contributed by atoms with van der Waals surface area (Å²) in [6.45, 7) is 3.91.